The Kier molecular flexibility index (Phi) is 5.14. The van der Waals surface area contributed by atoms with Crippen LogP contribution in [0, 0.1) is 17.2 Å². The quantitative estimate of drug-likeness (QED) is 0.774. The summed E-state index contributed by atoms with van der Waals surface area (Å²) in [6.45, 7) is 3.54. The number of nitrogens with zero attached hydrogens (tertiary/aromatic N) is 1. The first kappa shape index (κ1) is 13.8. The van der Waals surface area contributed by atoms with Crippen LogP contribution in [0.5, 0.6) is 0 Å². The molecule has 0 amide bonds. The normalized spacial score (nSPS) is 23.4. The summed E-state index contributed by atoms with van der Waals surface area (Å²) in [5.74, 6) is 0.348. The Labute approximate surface area is 114 Å². The summed E-state index contributed by atoms with van der Waals surface area (Å²) in [7, 11) is 0. The summed E-state index contributed by atoms with van der Waals surface area (Å²) in [4.78, 5) is 0. The molecule has 100 valence electrons. The van der Waals surface area contributed by atoms with E-state index in [1.807, 2.05) is 12.1 Å². The predicted molar refractivity (Wildman–Crippen MR) is 73.3 cm³/mol. The van der Waals surface area contributed by atoms with Gasteiger partial charge in [-0.05, 0) is 18.6 Å². The number of benzene rings is 1. The summed E-state index contributed by atoms with van der Waals surface area (Å²) >= 11 is 0. The van der Waals surface area contributed by atoms with Crippen molar-refractivity contribution in [2.75, 3.05) is 13.2 Å². The summed E-state index contributed by atoms with van der Waals surface area (Å²) in [5, 5.41) is 8.76. The fraction of sp³-hybridized carbons (Fsp3) is 0.438. The van der Waals surface area contributed by atoms with Gasteiger partial charge in [-0.3, -0.25) is 0 Å². The highest BCUT2D eigenvalue weighted by atomic mass is 16.7. The average Bonchev–Trinajstić information content (AvgIpc) is 2.48. The van der Waals surface area contributed by atoms with Crippen molar-refractivity contribution in [2.24, 2.45) is 5.92 Å². The number of hydrogen-bond acceptors (Lipinski definition) is 3. The standard InChI is InChI=1S/C16H19NO2/c1-2-3-4-5-14-11-18-16(19-12-14)15-8-6-13(10-17)7-9-15/h4-9,14,16H,2-3,11-12H2,1H3/b5-4+/t14-,16-. The smallest absolute Gasteiger partial charge is 0.183 e. The lowest BCUT2D eigenvalue weighted by molar-refractivity contribution is -0.197. The molecule has 1 fully saturated rings. The summed E-state index contributed by atoms with van der Waals surface area (Å²) in [5.41, 5.74) is 1.62. The van der Waals surface area contributed by atoms with E-state index < -0.39 is 0 Å². The lowest BCUT2D eigenvalue weighted by Gasteiger charge is -2.28. The molecular formula is C16H19NO2. The molecule has 0 radical (unpaired) electrons. The third kappa shape index (κ3) is 3.92. The average molecular weight is 257 g/mol. The highest BCUT2D eigenvalue weighted by Crippen LogP contribution is 2.25. The van der Waals surface area contributed by atoms with E-state index in [0.29, 0.717) is 24.7 Å². The molecule has 1 aliphatic rings. The van der Waals surface area contributed by atoms with Gasteiger partial charge in [-0.1, -0.05) is 37.6 Å². The van der Waals surface area contributed by atoms with E-state index in [1.54, 1.807) is 12.1 Å². The van der Waals surface area contributed by atoms with E-state index in [2.05, 4.69) is 25.1 Å². The van der Waals surface area contributed by atoms with Crippen LogP contribution in [0.2, 0.25) is 0 Å². The van der Waals surface area contributed by atoms with E-state index >= 15 is 0 Å². The summed E-state index contributed by atoms with van der Waals surface area (Å²) < 4.78 is 11.4. The first-order valence-electron chi connectivity index (χ1n) is 6.73. The number of hydrogen-bond donors (Lipinski definition) is 0. The van der Waals surface area contributed by atoms with Crippen molar-refractivity contribution in [3.8, 4) is 6.07 Å². The maximum Gasteiger partial charge on any atom is 0.183 e. The van der Waals surface area contributed by atoms with Crippen LogP contribution in [0.4, 0.5) is 0 Å². The zero-order valence-electron chi connectivity index (χ0n) is 11.2. The predicted octanol–water partition coefficient (Wildman–Crippen LogP) is 3.58. The van der Waals surface area contributed by atoms with Gasteiger partial charge in [-0.2, -0.15) is 5.26 Å². The molecule has 1 saturated heterocycles. The Bertz CT molecular complexity index is 451. The molecule has 2 rings (SSSR count). The van der Waals surface area contributed by atoms with Crippen molar-refractivity contribution in [1.29, 1.82) is 5.26 Å². The molecule has 0 bridgehead atoms. The Morgan fingerprint density at radius 2 is 1.95 bits per heavy atom. The van der Waals surface area contributed by atoms with Gasteiger partial charge < -0.3 is 9.47 Å². The van der Waals surface area contributed by atoms with Gasteiger partial charge in [0.2, 0.25) is 0 Å². The number of unbranched alkanes of at least 4 members (excludes halogenated alkanes) is 1. The van der Waals surface area contributed by atoms with Gasteiger partial charge in [0.25, 0.3) is 0 Å². The zero-order valence-corrected chi connectivity index (χ0v) is 11.2. The zero-order chi connectivity index (χ0) is 13.5. The van der Waals surface area contributed by atoms with Crippen LogP contribution in [-0.2, 0) is 9.47 Å². The molecule has 19 heavy (non-hydrogen) atoms. The SMILES string of the molecule is CCC/C=C/[C@H]1CO[C@H](c2ccc(C#N)cc2)OC1. The second kappa shape index (κ2) is 7.08. The van der Waals surface area contributed by atoms with Crippen molar-refractivity contribution < 1.29 is 9.47 Å². The van der Waals surface area contributed by atoms with Gasteiger partial charge >= 0.3 is 0 Å². The van der Waals surface area contributed by atoms with E-state index in [-0.39, 0.29) is 6.29 Å². The Hall–Kier alpha value is -1.63. The summed E-state index contributed by atoms with van der Waals surface area (Å²) in [6.07, 6.45) is 6.34. The Balaban J connectivity index is 1.87. The molecule has 0 aliphatic carbocycles. The monoisotopic (exact) mass is 257 g/mol. The van der Waals surface area contributed by atoms with Gasteiger partial charge in [-0.25, -0.2) is 0 Å². The summed E-state index contributed by atoms with van der Waals surface area (Å²) in [6, 6.07) is 9.45. The van der Waals surface area contributed by atoms with Crippen molar-refractivity contribution in [3.05, 3.63) is 47.5 Å². The van der Waals surface area contributed by atoms with Gasteiger partial charge in [-0.15, -0.1) is 0 Å². The molecule has 3 nitrogen and oxygen atoms in total. The molecule has 3 heteroatoms. The first-order valence-corrected chi connectivity index (χ1v) is 6.73. The number of ether oxygens (including phenoxy) is 2. The van der Waals surface area contributed by atoms with Crippen LogP contribution < -0.4 is 0 Å². The van der Waals surface area contributed by atoms with Crippen LogP contribution in [0.3, 0.4) is 0 Å². The number of rotatable bonds is 4. The molecule has 0 spiro atoms. The van der Waals surface area contributed by atoms with Gasteiger partial charge in [0.15, 0.2) is 6.29 Å². The third-order valence-electron chi connectivity index (χ3n) is 3.10. The second-order valence-corrected chi connectivity index (χ2v) is 4.71. The lowest BCUT2D eigenvalue weighted by Crippen LogP contribution is -2.25. The van der Waals surface area contributed by atoms with Crippen molar-refractivity contribution >= 4 is 0 Å². The molecule has 0 unspecified atom stereocenters. The molecule has 1 aromatic carbocycles. The lowest BCUT2D eigenvalue weighted by atomic mass is 10.1. The maximum absolute atomic E-state index is 8.76. The van der Waals surface area contributed by atoms with Gasteiger partial charge in [0, 0.05) is 11.5 Å². The van der Waals surface area contributed by atoms with Crippen LogP contribution in [0.25, 0.3) is 0 Å². The highest BCUT2D eigenvalue weighted by Gasteiger charge is 2.21. The van der Waals surface area contributed by atoms with Crippen LogP contribution >= 0.6 is 0 Å². The topological polar surface area (TPSA) is 42.2 Å². The first-order chi connectivity index (χ1) is 9.33. The van der Waals surface area contributed by atoms with Gasteiger partial charge in [0.1, 0.15) is 0 Å². The van der Waals surface area contributed by atoms with Crippen LogP contribution in [-0.4, -0.2) is 13.2 Å². The largest absolute Gasteiger partial charge is 0.348 e. The fourth-order valence-electron chi connectivity index (χ4n) is 1.99. The van der Waals surface area contributed by atoms with E-state index in [1.165, 1.54) is 6.42 Å². The molecule has 1 aromatic rings. The maximum atomic E-state index is 8.76. The highest BCUT2D eigenvalue weighted by molar-refractivity contribution is 5.32. The molecule has 0 saturated carbocycles. The molecule has 0 atom stereocenters. The van der Waals surface area contributed by atoms with Crippen LogP contribution in [0.15, 0.2) is 36.4 Å². The second-order valence-electron chi connectivity index (χ2n) is 4.71. The molecule has 0 N–H and O–H groups in total. The Morgan fingerprint density at radius 1 is 1.26 bits per heavy atom. The molecule has 0 aromatic heterocycles. The molecule has 1 heterocycles. The minimum absolute atomic E-state index is 0.302. The van der Waals surface area contributed by atoms with Crippen molar-refractivity contribution in [1.82, 2.24) is 0 Å². The third-order valence-corrected chi connectivity index (χ3v) is 3.10. The number of nitriles is 1. The number of allylic oxidation sites excluding steroid dienone is 1. The fourth-order valence-corrected chi connectivity index (χ4v) is 1.99. The minimum Gasteiger partial charge on any atom is -0.348 e. The van der Waals surface area contributed by atoms with Crippen molar-refractivity contribution in [2.45, 2.75) is 26.1 Å². The van der Waals surface area contributed by atoms with E-state index in [9.17, 15) is 0 Å². The molecular weight excluding hydrogens is 238 g/mol. The van der Waals surface area contributed by atoms with E-state index in [0.717, 1.165) is 12.0 Å². The Morgan fingerprint density at radius 3 is 2.53 bits per heavy atom. The minimum atomic E-state index is -0.302. The molecule has 1 aliphatic heterocycles. The van der Waals surface area contributed by atoms with Crippen LogP contribution in [0.1, 0.15) is 37.2 Å². The van der Waals surface area contributed by atoms with Crippen molar-refractivity contribution in [3.63, 3.8) is 0 Å². The van der Waals surface area contributed by atoms with E-state index in [4.69, 9.17) is 14.7 Å². The van der Waals surface area contributed by atoms with Gasteiger partial charge in [0.05, 0.1) is 24.8 Å².